The summed E-state index contributed by atoms with van der Waals surface area (Å²) in [5.41, 5.74) is 11.3. The SMILES string of the molecule is C=CCc1c(C)[nH+]c2c(Cl)cccc2c1SC([NH3+])[NH3+]. The van der Waals surface area contributed by atoms with Gasteiger partial charge in [0.2, 0.25) is 5.52 Å². The summed E-state index contributed by atoms with van der Waals surface area (Å²) in [5.74, 6) is 0. The number of pyridine rings is 1. The Hall–Kier alpha value is -1.07. The van der Waals surface area contributed by atoms with Crippen LogP contribution in [0.25, 0.3) is 10.9 Å². The van der Waals surface area contributed by atoms with Gasteiger partial charge in [0.1, 0.15) is 5.02 Å². The average molecular weight is 297 g/mol. The highest BCUT2D eigenvalue weighted by Gasteiger charge is 2.21. The summed E-state index contributed by atoms with van der Waals surface area (Å²) in [7, 11) is 0. The minimum absolute atomic E-state index is 0.0348. The molecule has 0 aliphatic rings. The van der Waals surface area contributed by atoms with E-state index in [1.807, 2.05) is 18.2 Å². The number of thioether (sulfide) groups is 1. The normalized spacial score (nSPS) is 11.2. The Morgan fingerprint density at radius 1 is 1.47 bits per heavy atom. The van der Waals surface area contributed by atoms with Crippen LogP contribution in [0, 0.1) is 6.92 Å². The second kappa shape index (κ2) is 5.92. The third-order valence-electron chi connectivity index (χ3n) is 2.93. The van der Waals surface area contributed by atoms with Gasteiger partial charge in [-0.3, -0.25) is 11.5 Å². The zero-order chi connectivity index (χ0) is 14.0. The van der Waals surface area contributed by atoms with Crippen molar-refractivity contribution in [1.82, 2.24) is 0 Å². The van der Waals surface area contributed by atoms with Gasteiger partial charge < -0.3 is 0 Å². The Bertz CT molecular complexity index is 626. The second-order valence-electron chi connectivity index (χ2n) is 4.45. The number of halogens is 1. The summed E-state index contributed by atoms with van der Waals surface area (Å²) in [6.07, 6.45) is 2.73. The van der Waals surface area contributed by atoms with Gasteiger partial charge in [0, 0.05) is 29.1 Å². The van der Waals surface area contributed by atoms with Crippen molar-refractivity contribution in [2.75, 3.05) is 0 Å². The second-order valence-corrected chi connectivity index (χ2v) is 6.17. The number of H-pyrrole nitrogens is 1. The van der Waals surface area contributed by atoms with Gasteiger partial charge >= 0.3 is 0 Å². The van der Waals surface area contributed by atoms with Gasteiger partial charge in [-0.1, -0.05) is 23.7 Å². The lowest BCUT2D eigenvalue weighted by Gasteiger charge is -2.10. The number of rotatable bonds is 4. The minimum Gasteiger partial charge on any atom is -0.299 e. The number of allylic oxidation sites excluding steroid dienone is 1. The minimum atomic E-state index is 0.0348. The molecule has 0 amide bonds. The van der Waals surface area contributed by atoms with Crippen LogP contribution in [0.15, 0.2) is 35.7 Å². The topological polar surface area (TPSA) is 69.4 Å². The van der Waals surface area contributed by atoms with Gasteiger partial charge in [-0.15, -0.1) is 6.58 Å². The molecule has 1 heterocycles. The van der Waals surface area contributed by atoms with Gasteiger partial charge in [-0.25, -0.2) is 4.98 Å². The maximum Gasteiger partial charge on any atom is 0.260 e. The fourth-order valence-corrected chi connectivity index (χ4v) is 3.36. The molecule has 0 bridgehead atoms. The molecule has 1 aromatic heterocycles. The molecule has 5 heteroatoms. The van der Waals surface area contributed by atoms with Crippen molar-refractivity contribution in [1.29, 1.82) is 0 Å². The van der Waals surface area contributed by atoms with E-state index in [9.17, 15) is 0 Å². The number of hydrogen-bond donors (Lipinski definition) is 2. The number of fused-ring (bicyclic) bond motifs is 1. The van der Waals surface area contributed by atoms with Gasteiger partial charge in [0.05, 0.1) is 5.39 Å². The van der Waals surface area contributed by atoms with Gasteiger partial charge in [0.15, 0.2) is 5.69 Å². The third kappa shape index (κ3) is 2.92. The van der Waals surface area contributed by atoms with Crippen molar-refractivity contribution in [2.45, 2.75) is 23.7 Å². The molecule has 0 unspecified atom stereocenters. The molecular formula is C14H19ClN3S+3. The van der Waals surface area contributed by atoms with E-state index in [2.05, 4.69) is 36.0 Å². The number of aromatic nitrogens is 1. The summed E-state index contributed by atoms with van der Waals surface area (Å²) < 4.78 is 0. The summed E-state index contributed by atoms with van der Waals surface area (Å²) in [6, 6.07) is 5.94. The Labute approximate surface area is 122 Å². The Balaban J connectivity index is 2.78. The van der Waals surface area contributed by atoms with E-state index in [0.717, 1.165) is 28.0 Å². The van der Waals surface area contributed by atoms with Crippen LogP contribution in [0.4, 0.5) is 0 Å². The van der Waals surface area contributed by atoms with E-state index in [-0.39, 0.29) is 5.50 Å². The van der Waals surface area contributed by atoms with Crippen molar-refractivity contribution in [3.63, 3.8) is 0 Å². The molecule has 0 aliphatic heterocycles. The maximum atomic E-state index is 6.28. The van der Waals surface area contributed by atoms with E-state index in [1.165, 1.54) is 10.5 Å². The molecule has 0 fully saturated rings. The highest BCUT2D eigenvalue weighted by atomic mass is 35.5. The fraction of sp³-hybridized carbons (Fsp3) is 0.214. The molecule has 0 radical (unpaired) electrons. The van der Waals surface area contributed by atoms with Crippen LogP contribution in [-0.4, -0.2) is 5.50 Å². The molecule has 100 valence electrons. The number of aryl methyl sites for hydroxylation is 1. The standard InChI is InChI=1S/C14H16ClN3S/c1-3-5-9-8(2)18-12-10(6-4-7-11(12)15)13(9)19-14(16)17/h3-4,6-7,14H,1,5,16-17H2,2H3/p+3. The third-order valence-corrected chi connectivity index (χ3v) is 4.28. The van der Waals surface area contributed by atoms with E-state index in [1.54, 1.807) is 11.8 Å². The first-order chi connectivity index (χ1) is 9.04. The number of hydrogen-bond acceptors (Lipinski definition) is 1. The highest BCUT2D eigenvalue weighted by molar-refractivity contribution is 7.99. The van der Waals surface area contributed by atoms with Crippen LogP contribution >= 0.6 is 23.4 Å². The lowest BCUT2D eigenvalue weighted by atomic mass is 10.1. The molecule has 0 saturated carbocycles. The largest absolute Gasteiger partial charge is 0.299 e. The van der Waals surface area contributed by atoms with Gasteiger partial charge in [0.25, 0.3) is 5.50 Å². The number of aromatic amines is 1. The first-order valence-corrected chi connectivity index (χ1v) is 7.37. The van der Waals surface area contributed by atoms with Crippen LogP contribution in [0.5, 0.6) is 0 Å². The molecule has 0 aliphatic carbocycles. The first-order valence-electron chi connectivity index (χ1n) is 6.11. The molecule has 0 saturated heterocycles. The molecule has 19 heavy (non-hydrogen) atoms. The van der Waals surface area contributed by atoms with Crippen molar-refractivity contribution < 1.29 is 16.5 Å². The predicted octanol–water partition coefficient (Wildman–Crippen LogP) is 1.20. The molecule has 0 spiro atoms. The number of quaternary nitrogens is 2. The summed E-state index contributed by atoms with van der Waals surface area (Å²) >= 11 is 7.94. The summed E-state index contributed by atoms with van der Waals surface area (Å²) in [6.45, 7) is 5.90. The number of benzene rings is 1. The Kier molecular flexibility index (Phi) is 4.47. The predicted molar refractivity (Wildman–Crippen MR) is 79.6 cm³/mol. The molecule has 2 aromatic rings. The van der Waals surface area contributed by atoms with Crippen LogP contribution in [0.1, 0.15) is 11.3 Å². The van der Waals surface area contributed by atoms with Crippen LogP contribution in [0.2, 0.25) is 5.02 Å². The quantitative estimate of drug-likeness (QED) is 0.497. The van der Waals surface area contributed by atoms with Crippen LogP contribution < -0.4 is 16.5 Å². The molecule has 3 nitrogen and oxygen atoms in total. The Morgan fingerprint density at radius 3 is 2.84 bits per heavy atom. The molecule has 2 rings (SSSR count). The zero-order valence-corrected chi connectivity index (χ0v) is 12.6. The molecule has 7 N–H and O–H groups in total. The first kappa shape index (κ1) is 14.3. The fourth-order valence-electron chi connectivity index (χ4n) is 2.13. The molecular weight excluding hydrogens is 278 g/mol. The summed E-state index contributed by atoms with van der Waals surface area (Å²) in [4.78, 5) is 4.59. The van der Waals surface area contributed by atoms with Crippen LogP contribution in [0.3, 0.4) is 0 Å². The van der Waals surface area contributed by atoms with E-state index in [4.69, 9.17) is 11.6 Å². The molecule has 1 aromatic carbocycles. The lowest BCUT2D eigenvalue weighted by Crippen LogP contribution is -2.82. The van der Waals surface area contributed by atoms with Crippen molar-refractivity contribution in [3.8, 4) is 0 Å². The van der Waals surface area contributed by atoms with Crippen molar-refractivity contribution in [3.05, 3.63) is 47.1 Å². The number of nitrogens with one attached hydrogen (secondary N) is 1. The van der Waals surface area contributed by atoms with Crippen molar-refractivity contribution >= 4 is 34.3 Å². The number of para-hydroxylation sites is 1. The van der Waals surface area contributed by atoms with E-state index >= 15 is 0 Å². The van der Waals surface area contributed by atoms with Gasteiger partial charge in [-0.2, -0.15) is 0 Å². The maximum absolute atomic E-state index is 6.28. The lowest BCUT2D eigenvalue weighted by molar-refractivity contribution is -0.619. The van der Waals surface area contributed by atoms with E-state index < -0.39 is 0 Å². The van der Waals surface area contributed by atoms with Gasteiger partial charge in [-0.05, 0) is 18.6 Å². The smallest absolute Gasteiger partial charge is 0.260 e. The van der Waals surface area contributed by atoms with Crippen LogP contribution in [-0.2, 0) is 6.42 Å². The average Bonchev–Trinajstić information content (AvgIpc) is 2.34. The van der Waals surface area contributed by atoms with E-state index in [0.29, 0.717) is 0 Å². The van der Waals surface area contributed by atoms with Crippen molar-refractivity contribution in [2.24, 2.45) is 0 Å². The zero-order valence-electron chi connectivity index (χ0n) is 11.0. The Morgan fingerprint density at radius 2 is 2.21 bits per heavy atom. The summed E-state index contributed by atoms with van der Waals surface area (Å²) in [5, 5.41) is 1.86. The monoisotopic (exact) mass is 296 g/mol. The highest BCUT2D eigenvalue weighted by Crippen LogP contribution is 2.33. The molecule has 0 atom stereocenters.